The Morgan fingerprint density at radius 3 is 2.54 bits per heavy atom. The van der Waals surface area contributed by atoms with Gasteiger partial charge in [0.2, 0.25) is 10.0 Å². The molecule has 1 aromatic carbocycles. The van der Waals surface area contributed by atoms with Crippen LogP contribution in [-0.2, 0) is 32.5 Å². The molecule has 0 fully saturated rings. The number of hydrogen-bond donors (Lipinski definition) is 2. The SMILES string of the molecule is COC(=O)[C@@H]1Cc2ncn(C(C)C)c2CN1S(=O)(=O)c1ccc([NH+]([O-])O)cc1. The Kier molecular flexibility index (Phi) is 5.55. The molecule has 2 N–H and O–H groups in total. The summed E-state index contributed by atoms with van der Waals surface area (Å²) in [5.41, 5.74) is 1.36. The summed E-state index contributed by atoms with van der Waals surface area (Å²) in [4.78, 5) is 16.5. The van der Waals surface area contributed by atoms with Crippen molar-refractivity contribution in [1.29, 1.82) is 0 Å². The fourth-order valence-corrected chi connectivity index (χ4v) is 4.79. The van der Waals surface area contributed by atoms with Gasteiger partial charge in [0.05, 0.1) is 36.3 Å². The number of aromatic nitrogens is 2. The van der Waals surface area contributed by atoms with E-state index in [2.05, 4.69) is 4.98 Å². The Morgan fingerprint density at radius 1 is 1.36 bits per heavy atom. The van der Waals surface area contributed by atoms with Gasteiger partial charge in [-0.15, -0.1) is 0 Å². The van der Waals surface area contributed by atoms with E-state index in [1.165, 1.54) is 31.4 Å². The molecule has 28 heavy (non-hydrogen) atoms. The van der Waals surface area contributed by atoms with Crippen molar-refractivity contribution in [2.24, 2.45) is 0 Å². The lowest BCUT2D eigenvalue weighted by atomic mass is 10.1. The van der Waals surface area contributed by atoms with Crippen molar-refractivity contribution in [3.63, 3.8) is 0 Å². The first kappa shape index (κ1) is 20.4. The van der Waals surface area contributed by atoms with Gasteiger partial charge < -0.3 is 14.5 Å². The number of esters is 1. The van der Waals surface area contributed by atoms with E-state index in [9.17, 15) is 18.4 Å². The number of nitrogens with one attached hydrogen (secondary N) is 1. The minimum absolute atomic E-state index is 0.0257. The van der Waals surface area contributed by atoms with Gasteiger partial charge in [0.15, 0.2) is 5.69 Å². The highest BCUT2D eigenvalue weighted by atomic mass is 32.2. The quantitative estimate of drug-likeness (QED) is 0.530. The smallest absolute Gasteiger partial charge is 0.324 e. The van der Waals surface area contributed by atoms with E-state index < -0.39 is 27.3 Å². The summed E-state index contributed by atoms with van der Waals surface area (Å²) in [6, 6.07) is 3.92. The number of benzene rings is 1. The normalized spacial score (nSPS) is 18.7. The van der Waals surface area contributed by atoms with E-state index in [0.717, 1.165) is 10.00 Å². The molecule has 3 rings (SSSR count). The van der Waals surface area contributed by atoms with E-state index >= 15 is 0 Å². The molecule has 0 amide bonds. The number of rotatable bonds is 5. The summed E-state index contributed by atoms with van der Waals surface area (Å²) in [6.07, 6.45) is 1.75. The molecule has 1 aliphatic heterocycles. The molecule has 1 aliphatic rings. The summed E-state index contributed by atoms with van der Waals surface area (Å²) >= 11 is 0. The van der Waals surface area contributed by atoms with Crippen LogP contribution in [0.15, 0.2) is 35.5 Å². The maximum absolute atomic E-state index is 13.3. The van der Waals surface area contributed by atoms with E-state index in [1.807, 2.05) is 18.4 Å². The number of imidazole rings is 1. The number of nitrogens with zero attached hydrogens (tertiary/aromatic N) is 3. The highest BCUT2D eigenvalue weighted by molar-refractivity contribution is 7.89. The molecule has 0 saturated heterocycles. The number of sulfonamides is 1. The molecule has 0 spiro atoms. The van der Waals surface area contributed by atoms with Crippen LogP contribution < -0.4 is 5.23 Å². The molecule has 10 nitrogen and oxygen atoms in total. The second-order valence-corrected chi connectivity index (χ2v) is 8.65. The van der Waals surface area contributed by atoms with Crippen molar-refractivity contribution >= 4 is 21.7 Å². The molecule has 1 unspecified atom stereocenters. The standard InChI is InChI=1S/C17H22N4O6S/c1-11(2)19-10-18-14-8-15(17(22)27-3)20(9-16(14)19)28(25,26)13-6-4-12(5-7-13)21(23)24/h4-7,10-11,15,21,23H,8-9H2,1-3H3/t15-/m0/s1. The van der Waals surface area contributed by atoms with Crippen LogP contribution in [-0.4, -0.2) is 46.6 Å². The first-order chi connectivity index (χ1) is 13.2. The van der Waals surface area contributed by atoms with Gasteiger partial charge in [0.1, 0.15) is 6.04 Å². The number of methoxy groups -OCH3 is 1. The van der Waals surface area contributed by atoms with Crippen molar-refractivity contribution in [1.82, 2.24) is 13.9 Å². The fraction of sp³-hybridized carbons (Fsp3) is 0.412. The van der Waals surface area contributed by atoms with E-state index in [0.29, 0.717) is 5.69 Å². The lowest BCUT2D eigenvalue weighted by Crippen LogP contribution is -2.99. The number of hydrogen-bond acceptors (Lipinski definition) is 7. The predicted molar refractivity (Wildman–Crippen MR) is 97.1 cm³/mol. The third-order valence-corrected chi connectivity index (χ3v) is 6.63. The van der Waals surface area contributed by atoms with Gasteiger partial charge in [-0.2, -0.15) is 9.53 Å². The molecule has 1 aromatic heterocycles. The first-order valence-corrected chi connectivity index (χ1v) is 10.1. The zero-order valence-corrected chi connectivity index (χ0v) is 16.5. The average molecular weight is 410 g/mol. The second-order valence-electron chi connectivity index (χ2n) is 6.76. The zero-order valence-electron chi connectivity index (χ0n) is 15.7. The minimum atomic E-state index is -4.07. The van der Waals surface area contributed by atoms with Crippen molar-refractivity contribution in [3.8, 4) is 0 Å². The largest absolute Gasteiger partial charge is 0.595 e. The number of carbonyl (C=O) groups excluding carboxylic acids is 1. The number of fused-ring (bicyclic) bond motifs is 1. The van der Waals surface area contributed by atoms with Gasteiger partial charge in [-0.25, -0.2) is 18.6 Å². The van der Waals surface area contributed by atoms with Crippen LogP contribution >= 0.6 is 0 Å². The maximum atomic E-state index is 13.3. The van der Waals surface area contributed by atoms with E-state index in [-0.39, 0.29) is 29.6 Å². The molecule has 11 heteroatoms. The molecular weight excluding hydrogens is 388 g/mol. The summed E-state index contributed by atoms with van der Waals surface area (Å²) in [6.45, 7) is 3.88. The maximum Gasteiger partial charge on any atom is 0.324 e. The monoisotopic (exact) mass is 410 g/mol. The Morgan fingerprint density at radius 2 is 2.00 bits per heavy atom. The van der Waals surface area contributed by atoms with Crippen LogP contribution in [0.4, 0.5) is 5.69 Å². The van der Waals surface area contributed by atoms with Gasteiger partial charge in [0.25, 0.3) is 0 Å². The highest BCUT2D eigenvalue weighted by Crippen LogP contribution is 2.30. The lowest BCUT2D eigenvalue weighted by Gasteiger charge is -2.33. The van der Waals surface area contributed by atoms with Crippen LogP contribution in [0.5, 0.6) is 0 Å². The zero-order chi connectivity index (χ0) is 20.6. The minimum Gasteiger partial charge on any atom is -0.595 e. The predicted octanol–water partition coefficient (Wildman–Crippen LogP) is 0.156. The molecule has 152 valence electrons. The van der Waals surface area contributed by atoms with Crippen LogP contribution in [0.25, 0.3) is 0 Å². The number of quaternary nitrogens is 1. The summed E-state index contributed by atoms with van der Waals surface area (Å²) < 4.78 is 34.3. The van der Waals surface area contributed by atoms with Crippen LogP contribution in [0.1, 0.15) is 31.3 Å². The first-order valence-electron chi connectivity index (χ1n) is 8.64. The Labute approximate surface area is 162 Å². The molecule has 0 aliphatic carbocycles. The van der Waals surface area contributed by atoms with Crippen molar-refractivity contribution < 1.29 is 28.4 Å². The molecule has 2 aromatic rings. The van der Waals surface area contributed by atoms with E-state index in [4.69, 9.17) is 9.94 Å². The third-order valence-electron chi connectivity index (χ3n) is 4.76. The topological polar surface area (TPSA) is 129 Å². The van der Waals surface area contributed by atoms with Crippen molar-refractivity contribution in [2.75, 3.05) is 7.11 Å². The molecule has 0 saturated carbocycles. The molecule has 0 radical (unpaired) electrons. The van der Waals surface area contributed by atoms with Gasteiger partial charge in [-0.05, 0) is 26.0 Å². The Hall–Kier alpha value is -2.31. The number of ether oxygens (including phenoxy) is 1. The summed E-state index contributed by atoms with van der Waals surface area (Å²) in [7, 11) is -2.87. The van der Waals surface area contributed by atoms with Crippen molar-refractivity contribution in [2.45, 2.75) is 43.8 Å². The molecule has 2 atom stereocenters. The van der Waals surface area contributed by atoms with Crippen LogP contribution in [0.2, 0.25) is 0 Å². The lowest BCUT2D eigenvalue weighted by molar-refractivity contribution is -0.991. The molecule has 2 heterocycles. The van der Waals surface area contributed by atoms with E-state index in [1.54, 1.807) is 6.33 Å². The Bertz CT molecular complexity index is 968. The van der Waals surface area contributed by atoms with Gasteiger partial charge in [0, 0.05) is 24.6 Å². The fourth-order valence-electron chi connectivity index (χ4n) is 3.25. The summed E-state index contributed by atoms with van der Waals surface area (Å²) in [5, 5.41) is 18.9. The van der Waals surface area contributed by atoms with Gasteiger partial charge in [-0.1, -0.05) is 0 Å². The second kappa shape index (κ2) is 7.60. The van der Waals surface area contributed by atoms with Crippen molar-refractivity contribution in [3.05, 3.63) is 47.2 Å². The third kappa shape index (κ3) is 3.54. The molecule has 0 bridgehead atoms. The summed E-state index contributed by atoms with van der Waals surface area (Å²) in [5.74, 6) is -0.671. The van der Waals surface area contributed by atoms with Crippen LogP contribution in [0.3, 0.4) is 0 Å². The Balaban J connectivity index is 2.04. The highest BCUT2D eigenvalue weighted by Gasteiger charge is 2.42. The average Bonchev–Trinajstić information content (AvgIpc) is 3.09. The molecular formula is C17H22N4O6S. The van der Waals surface area contributed by atoms with Gasteiger partial charge in [-0.3, -0.25) is 4.79 Å². The van der Waals surface area contributed by atoms with Crippen LogP contribution in [0, 0.1) is 5.21 Å². The van der Waals surface area contributed by atoms with Gasteiger partial charge >= 0.3 is 5.97 Å². The number of carbonyl (C=O) groups is 1.